The fourth-order valence-electron chi connectivity index (χ4n) is 2.95. The third kappa shape index (κ3) is 5.00. The van der Waals surface area contributed by atoms with Crippen molar-refractivity contribution in [3.8, 4) is 0 Å². The number of amides is 2. The second kappa shape index (κ2) is 7.97. The number of hydrogen-bond donors (Lipinski definition) is 3. The highest BCUT2D eigenvalue weighted by molar-refractivity contribution is 5.74. The Morgan fingerprint density at radius 3 is 2.86 bits per heavy atom. The molecule has 1 aliphatic carbocycles. The number of carbonyl (C=O) groups is 1. The molecule has 7 heteroatoms. The lowest BCUT2D eigenvalue weighted by atomic mass is 9.83. The molecule has 1 atom stereocenters. The van der Waals surface area contributed by atoms with E-state index < -0.39 is 0 Å². The van der Waals surface area contributed by atoms with Crippen LogP contribution < -0.4 is 10.6 Å². The van der Waals surface area contributed by atoms with Gasteiger partial charge >= 0.3 is 6.03 Å². The van der Waals surface area contributed by atoms with Gasteiger partial charge in [-0.15, -0.1) is 0 Å². The van der Waals surface area contributed by atoms with E-state index >= 15 is 0 Å². The van der Waals surface area contributed by atoms with Gasteiger partial charge in [-0.05, 0) is 25.2 Å². The van der Waals surface area contributed by atoms with Crippen molar-refractivity contribution in [2.45, 2.75) is 51.1 Å². The van der Waals surface area contributed by atoms with E-state index in [9.17, 15) is 9.90 Å². The molecule has 2 rings (SSSR count). The molecule has 1 aliphatic rings. The number of nitrogens with zero attached hydrogens (tertiary/aromatic N) is 3. The number of urea groups is 1. The Morgan fingerprint density at radius 2 is 2.24 bits per heavy atom. The Kier molecular flexibility index (Phi) is 5.98. The summed E-state index contributed by atoms with van der Waals surface area (Å²) in [6.07, 6.45) is 8.19. The molecule has 1 heterocycles. The minimum atomic E-state index is -0.216. The van der Waals surface area contributed by atoms with Crippen molar-refractivity contribution in [2.75, 3.05) is 6.61 Å². The molecule has 1 fully saturated rings. The highest BCUT2D eigenvalue weighted by atomic mass is 16.3. The fraction of sp³-hybridized carbons (Fsp3) is 0.786. The Bertz CT molecular complexity index is 442. The van der Waals surface area contributed by atoms with Gasteiger partial charge in [-0.1, -0.05) is 19.3 Å². The van der Waals surface area contributed by atoms with E-state index in [2.05, 4.69) is 20.7 Å². The van der Waals surface area contributed by atoms with E-state index in [-0.39, 0.29) is 18.7 Å². The van der Waals surface area contributed by atoms with Crippen molar-refractivity contribution < 1.29 is 9.90 Å². The molecule has 0 saturated heterocycles. The van der Waals surface area contributed by atoms with E-state index in [4.69, 9.17) is 0 Å². The summed E-state index contributed by atoms with van der Waals surface area (Å²) in [5.74, 6) is 1.06. The van der Waals surface area contributed by atoms with Crippen molar-refractivity contribution >= 4 is 6.03 Å². The van der Waals surface area contributed by atoms with Crippen LogP contribution in [0.5, 0.6) is 0 Å². The molecule has 1 aromatic heterocycles. The zero-order chi connectivity index (χ0) is 15.1. The first-order chi connectivity index (χ1) is 10.2. The van der Waals surface area contributed by atoms with Gasteiger partial charge in [0, 0.05) is 19.7 Å². The minimum absolute atomic E-state index is 0.0481. The van der Waals surface area contributed by atoms with Gasteiger partial charge in [0.25, 0.3) is 0 Å². The van der Waals surface area contributed by atoms with Gasteiger partial charge in [0.15, 0.2) is 5.82 Å². The largest absolute Gasteiger partial charge is 0.396 e. The molecule has 1 saturated carbocycles. The van der Waals surface area contributed by atoms with Gasteiger partial charge < -0.3 is 15.7 Å². The number of aliphatic hydroxyl groups is 1. The third-order valence-electron chi connectivity index (χ3n) is 4.03. The van der Waals surface area contributed by atoms with Gasteiger partial charge in [0.1, 0.15) is 6.33 Å². The maximum atomic E-state index is 12.0. The topological polar surface area (TPSA) is 92.1 Å². The SMILES string of the molecule is Cn1cnc(CNC(=O)NC(CCO)C2CCCCC2)n1. The monoisotopic (exact) mass is 295 g/mol. The number of carbonyl (C=O) groups excluding carboxylic acids is 1. The summed E-state index contributed by atoms with van der Waals surface area (Å²) in [6.45, 7) is 0.409. The molecule has 1 unspecified atom stereocenters. The summed E-state index contributed by atoms with van der Waals surface area (Å²) in [7, 11) is 1.79. The van der Waals surface area contributed by atoms with Crippen LogP contribution in [-0.2, 0) is 13.6 Å². The van der Waals surface area contributed by atoms with E-state index in [0.29, 0.717) is 24.7 Å². The third-order valence-corrected chi connectivity index (χ3v) is 4.03. The van der Waals surface area contributed by atoms with Crippen molar-refractivity contribution in [1.29, 1.82) is 0 Å². The van der Waals surface area contributed by atoms with Crippen LogP contribution in [0.1, 0.15) is 44.3 Å². The van der Waals surface area contributed by atoms with Crippen LogP contribution in [0.4, 0.5) is 4.79 Å². The summed E-state index contributed by atoms with van der Waals surface area (Å²) in [5.41, 5.74) is 0. The molecule has 0 radical (unpaired) electrons. The molecular weight excluding hydrogens is 270 g/mol. The summed E-state index contributed by atoms with van der Waals surface area (Å²) in [5, 5.41) is 19.1. The lowest BCUT2D eigenvalue weighted by Gasteiger charge is -2.30. The van der Waals surface area contributed by atoms with Gasteiger partial charge in [-0.2, -0.15) is 5.10 Å². The van der Waals surface area contributed by atoms with Crippen LogP contribution in [-0.4, -0.2) is 38.6 Å². The quantitative estimate of drug-likeness (QED) is 0.728. The number of hydrogen-bond acceptors (Lipinski definition) is 4. The van der Waals surface area contributed by atoms with Crippen molar-refractivity contribution in [3.63, 3.8) is 0 Å². The molecular formula is C14H25N5O2. The molecule has 3 N–H and O–H groups in total. The maximum absolute atomic E-state index is 12.0. The molecule has 7 nitrogen and oxygen atoms in total. The average Bonchev–Trinajstić information content (AvgIpc) is 2.91. The fourth-order valence-corrected chi connectivity index (χ4v) is 2.95. The Hall–Kier alpha value is -1.63. The summed E-state index contributed by atoms with van der Waals surface area (Å²) in [4.78, 5) is 16.0. The van der Waals surface area contributed by atoms with Crippen molar-refractivity contribution in [1.82, 2.24) is 25.4 Å². The van der Waals surface area contributed by atoms with Gasteiger partial charge in [0.2, 0.25) is 0 Å². The predicted molar refractivity (Wildman–Crippen MR) is 78.4 cm³/mol. The van der Waals surface area contributed by atoms with E-state index in [1.165, 1.54) is 19.3 Å². The van der Waals surface area contributed by atoms with E-state index in [1.54, 1.807) is 18.1 Å². The van der Waals surface area contributed by atoms with Crippen LogP contribution in [0.2, 0.25) is 0 Å². The van der Waals surface area contributed by atoms with E-state index in [1.807, 2.05) is 0 Å². The number of nitrogens with one attached hydrogen (secondary N) is 2. The number of aliphatic hydroxyl groups excluding tert-OH is 1. The minimum Gasteiger partial charge on any atom is -0.396 e. The maximum Gasteiger partial charge on any atom is 0.315 e. The van der Waals surface area contributed by atoms with Gasteiger partial charge in [-0.3, -0.25) is 4.68 Å². The average molecular weight is 295 g/mol. The van der Waals surface area contributed by atoms with Crippen molar-refractivity contribution in [2.24, 2.45) is 13.0 Å². The molecule has 21 heavy (non-hydrogen) atoms. The van der Waals surface area contributed by atoms with Gasteiger partial charge in [0.05, 0.1) is 6.54 Å². The molecule has 118 valence electrons. The number of rotatable bonds is 6. The first-order valence-electron chi connectivity index (χ1n) is 7.69. The Labute approximate surface area is 125 Å². The molecule has 0 aliphatic heterocycles. The Balaban J connectivity index is 1.79. The Morgan fingerprint density at radius 1 is 1.48 bits per heavy atom. The van der Waals surface area contributed by atoms with Crippen LogP contribution in [0.3, 0.4) is 0 Å². The standard InChI is InChI=1S/C14H25N5O2/c1-19-10-16-13(18-19)9-15-14(21)17-12(7-8-20)11-5-3-2-4-6-11/h10-12,20H,2-9H2,1H3,(H2,15,17,21). The van der Waals surface area contributed by atoms with Crippen LogP contribution in [0.15, 0.2) is 6.33 Å². The molecule has 1 aromatic rings. The zero-order valence-electron chi connectivity index (χ0n) is 12.6. The lowest BCUT2D eigenvalue weighted by Crippen LogP contribution is -2.46. The zero-order valence-corrected chi connectivity index (χ0v) is 12.6. The number of aryl methyl sites for hydroxylation is 1. The van der Waals surface area contributed by atoms with E-state index in [0.717, 1.165) is 12.8 Å². The summed E-state index contributed by atoms with van der Waals surface area (Å²) in [6, 6.07) is -0.168. The molecule has 0 bridgehead atoms. The van der Waals surface area contributed by atoms with Gasteiger partial charge in [-0.25, -0.2) is 9.78 Å². The lowest BCUT2D eigenvalue weighted by molar-refractivity contribution is 0.196. The van der Waals surface area contributed by atoms with Crippen LogP contribution in [0.25, 0.3) is 0 Å². The molecule has 0 spiro atoms. The van der Waals surface area contributed by atoms with Crippen LogP contribution in [0, 0.1) is 5.92 Å². The normalized spacial score (nSPS) is 17.4. The first kappa shape index (κ1) is 15.8. The molecule has 2 amide bonds. The number of aromatic nitrogens is 3. The highest BCUT2D eigenvalue weighted by Crippen LogP contribution is 2.27. The molecule has 0 aromatic carbocycles. The summed E-state index contributed by atoms with van der Waals surface area (Å²) >= 11 is 0. The first-order valence-corrected chi connectivity index (χ1v) is 7.69. The smallest absolute Gasteiger partial charge is 0.315 e. The second-order valence-electron chi connectivity index (χ2n) is 5.68. The highest BCUT2D eigenvalue weighted by Gasteiger charge is 2.24. The second-order valence-corrected chi connectivity index (χ2v) is 5.68. The van der Waals surface area contributed by atoms with Crippen molar-refractivity contribution in [3.05, 3.63) is 12.2 Å². The predicted octanol–water partition coefficient (Wildman–Crippen LogP) is 0.946. The van der Waals surface area contributed by atoms with Crippen LogP contribution >= 0.6 is 0 Å². The summed E-state index contributed by atoms with van der Waals surface area (Å²) < 4.78 is 1.60.